The zero-order valence-corrected chi connectivity index (χ0v) is 15.3. The fourth-order valence-electron chi connectivity index (χ4n) is 5.68. The van der Waals surface area contributed by atoms with Crippen molar-refractivity contribution in [3.8, 4) is 10.6 Å². The molecular formula is C19H22N2OS2. The molecular weight excluding hydrogens is 336 g/mol. The minimum absolute atomic E-state index is 0.109. The predicted octanol–water partition coefficient (Wildman–Crippen LogP) is 4.50. The van der Waals surface area contributed by atoms with Crippen molar-refractivity contribution >= 4 is 28.6 Å². The Labute approximate surface area is 150 Å². The van der Waals surface area contributed by atoms with Gasteiger partial charge in [0.25, 0.3) is 0 Å². The molecule has 6 rings (SSSR count). The van der Waals surface area contributed by atoms with Crippen LogP contribution in [0.2, 0.25) is 0 Å². The lowest BCUT2D eigenvalue weighted by molar-refractivity contribution is -0.126. The Kier molecular flexibility index (Phi) is 3.56. The number of aromatic nitrogens is 1. The van der Waals surface area contributed by atoms with E-state index in [2.05, 4.69) is 27.1 Å². The summed E-state index contributed by atoms with van der Waals surface area (Å²) in [6.45, 7) is 0. The normalized spacial score (nSPS) is 33.8. The van der Waals surface area contributed by atoms with Gasteiger partial charge in [-0.1, -0.05) is 0 Å². The number of carbonyl (C=O) groups excluding carboxylic acids is 1. The molecule has 0 unspecified atom stereocenters. The fraction of sp³-hybridized carbons (Fsp3) is 0.579. The lowest BCUT2D eigenvalue weighted by Crippen LogP contribution is -2.60. The average Bonchev–Trinajstić information content (AvgIpc) is 3.15. The molecule has 0 spiro atoms. The minimum atomic E-state index is 0.109. The summed E-state index contributed by atoms with van der Waals surface area (Å²) in [5.74, 6) is 2.75. The van der Waals surface area contributed by atoms with Gasteiger partial charge in [0.2, 0.25) is 5.91 Å². The SMILES string of the molecule is O=C(Cc1csc(-c2ccsc2)n1)NC12CC3CC(CC(C3)C1)C2. The highest BCUT2D eigenvalue weighted by molar-refractivity contribution is 7.14. The molecule has 2 heterocycles. The molecule has 4 aliphatic rings. The van der Waals surface area contributed by atoms with E-state index in [0.29, 0.717) is 6.42 Å². The van der Waals surface area contributed by atoms with Gasteiger partial charge in [-0.05, 0) is 67.7 Å². The van der Waals surface area contributed by atoms with Crippen molar-refractivity contribution in [1.82, 2.24) is 10.3 Å². The van der Waals surface area contributed by atoms with Crippen molar-refractivity contribution in [2.45, 2.75) is 50.5 Å². The van der Waals surface area contributed by atoms with E-state index in [4.69, 9.17) is 0 Å². The van der Waals surface area contributed by atoms with Crippen molar-refractivity contribution in [2.75, 3.05) is 0 Å². The summed E-state index contributed by atoms with van der Waals surface area (Å²) < 4.78 is 0. The summed E-state index contributed by atoms with van der Waals surface area (Å²) in [5.41, 5.74) is 2.18. The molecule has 0 atom stereocenters. The molecule has 24 heavy (non-hydrogen) atoms. The summed E-state index contributed by atoms with van der Waals surface area (Å²) in [6, 6.07) is 2.09. The second-order valence-electron chi connectivity index (χ2n) is 8.08. The van der Waals surface area contributed by atoms with Crippen LogP contribution >= 0.6 is 22.7 Å². The molecule has 4 fully saturated rings. The summed E-state index contributed by atoms with van der Waals surface area (Å²) >= 11 is 3.32. The third-order valence-corrected chi connectivity index (χ3v) is 7.73. The van der Waals surface area contributed by atoms with E-state index in [1.165, 1.54) is 38.5 Å². The van der Waals surface area contributed by atoms with Crippen LogP contribution < -0.4 is 5.32 Å². The number of nitrogens with one attached hydrogen (secondary N) is 1. The first-order valence-electron chi connectivity index (χ1n) is 8.95. The second kappa shape index (κ2) is 5.67. The van der Waals surface area contributed by atoms with Gasteiger partial charge >= 0.3 is 0 Å². The summed E-state index contributed by atoms with van der Waals surface area (Å²) in [5, 5.41) is 10.7. The fourth-order valence-corrected chi connectivity index (χ4v) is 7.21. The molecule has 1 amide bonds. The quantitative estimate of drug-likeness (QED) is 0.874. The summed E-state index contributed by atoms with van der Waals surface area (Å²) in [4.78, 5) is 17.3. The van der Waals surface area contributed by atoms with Gasteiger partial charge < -0.3 is 5.32 Å². The molecule has 4 saturated carbocycles. The van der Waals surface area contributed by atoms with E-state index in [0.717, 1.165) is 34.0 Å². The Morgan fingerprint density at radius 2 is 1.88 bits per heavy atom. The Morgan fingerprint density at radius 3 is 2.50 bits per heavy atom. The Morgan fingerprint density at radius 1 is 1.17 bits per heavy atom. The molecule has 126 valence electrons. The van der Waals surface area contributed by atoms with E-state index in [1.807, 2.05) is 5.38 Å². The number of hydrogen-bond donors (Lipinski definition) is 1. The van der Waals surface area contributed by atoms with Crippen molar-refractivity contribution < 1.29 is 4.79 Å². The number of amides is 1. The zero-order chi connectivity index (χ0) is 16.1. The second-order valence-corrected chi connectivity index (χ2v) is 9.72. The highest BCUT2D eigenvalue weighted by Crippen LogP contribution is 2.55. The van der Waals surface area contributed by atoms with Crippen LogP contribution in [0.5, 0.6) is 0 Å². The van der Waals surface area contributed by atoms with Crippen molar-refractivity contribution in [2.24, 2.45) is 17.8 Å². The zero-order valence-electron chi connectivity index (χ0n) is 13.7. The highest BCUT2D eigenvalue weighted by atomic mass is 32.1. The number of rotatable bonds is 4. The van der Waals surface area contributed by atoms with Crippen molar-refractivity contribution in [3.05, 3.63) is 27.9 Å². The van der Waals surface area contributed by atoms with E-state index in [1.54, 1.807) is 22.7 Å². The maximum Gasteiger partial charge on any atom is 0.226 e. The van der Waals surface area contributed by atoms with Crippen LogP contribution in [0.25, 0.3) is 10.6 Å². The number of hydrogen-bond acceptors (Lipinski definition) is 4. The third-order valence-electron chi connectivity index (χ3n) is 6.10. The molecule has 0 saturated heterocycles. The molecule has 4 bridgehead atoms. The third kappa shape index (κ3) is 2.72. The first-order valence-corrected chi connectivity index (χ1v) is 10.8. The van der Waals surface area contributed by atoms with Crippen LogP contribution in [0.3, 0.4) is 0 Å². The lowest BCUT2D eigenvalue weighted by atomic mass is 9.53. The Bertz CT molecular complexity index is 714. The van der Waals surface area contributed by atoms with Gasteiger partial charge in [-0.15, -0.1) is 11.3 Å². The molecule has 0 aromatic carbocycles. The molecule has 5 heteroatoms. The number of thiophene rings is 1. The van der Waals surface area contributed by atoms with Crippen LogP contribution in [-0.4, -0.2) is 16.4 Å². The van der Waals surface area contributed by atoms with E-state index >= 15 is 0 Å². The average molecular weight is 359 g/mol. The van der Waals surface area contributed by atoms with Gasteiger partial charge in [-0.2, -0.15) is 11.3 Å². The predicted molar refractivity (Wildman–Crippen MR) is 98.2 cm³/mol. The van der Waals surface area contributed by atoms with Gasteiger partial charge in [0.15, 0.2) is 0 Å². The number of thiazole rings is 1. The first-order chi connectivity index (χ1) is 11.7. The standard InChI is InChI=1S/C19H22N2OS2/c22-17(6-16-11-24-18(20-16)15-1-2-23-10-15)21-19-7-12-3-13(8-19)5-14(4-12)9-19/h1-2,10-14H,3-9H2,(H,21,22). The topological polar surface area (TPSA) is 42.0 Å². The summed E-state index contributed by atoms with van der Waals surface area (Å²) in [6.07, 6.45) is 8.27. The van der Waals surface area contributed by atoms with Gasteiger partial charge in [0.05, 0.1) is 12.1 Å². The van der Waals surface area contributed by atoms with Crippen LogP contribution in [0, 0.1) is 17.8 Å². The molecule has 2 aromatic rings. The van der Waals surface area contributed by atoms with Gasteiger partial charge in [-0.3, -0.25) is 4.79 Å². The molecule has 0 radical (unpaired) electrons. The molecule has 4 aliphatic carbocycles. The first kappa shape index (κ1) is 15.1. The van der Waals surface area contributed by atoms with Crippen molar-refractivity contribution in [1.29, 1.82) is 0 Å². The van der Waals surface area contributed by atoms with E-state index in [9.17, 15) is 4.79 Å². The number of carbonyl (C=O) groups is 1. The summed E-state index contributed by atoms with van der Waals surface area (Å²) in [7, 11) is 0. The molecule has 1 N–H and O–H groups in total. The maximum atomic E-state index is 12.6. The monoisotopic (exact) mass is 358 g/mol. The highest BCUT2D eigenvalue weighted by Gasteiger charge is 2.51. The van der Waals surface area contributed by atoms with Gasteiger partial charge in [0, 0.05) is 21.9 Å². The van der Waals surface area contributed by atoms with Crippen LogP contribution in [0.15, 0.2) is 22.2 Å². The van der Waals surface area contributed by atoms with E-state index in [-0.39, 0.29) is 11.4 Å². The minimum Gasteiger partial charge on any atom is -0.350 e. The molecule has 0 aliphatic heterocycles. The largest absolute Gasteiger partial charge is 0.350 e. The van der Waals surface area contributed by atoms with Crippen molar-refractivity contribution in [3.63, 3.8) is 0 Å². The Balaban J connectivity index is 1.26. The van der Waals surface area contributed by atoms with Crippen LogP contribution in [-0.2, 0) is 11.2 Å². The maximum absolute atomic E-state index is 12.6. The van der Waals surface area contributed by atoms with Gasteiger partial charge in [0.1, 0.15) is 5.01 Å². The van der Waals surface area contributed by atoms with Gasteiger partial charge in [-0.25, -0.2) is 4.98 Å². The number of nitrogens with zero attached hydrogens (tertiary/aromatic N) is 1. The van der Waals surface area contributed by atoms with E-state index < -0.39 is 0 Å². The molecule has 2 aromatic heterocycles. The van der Waals surface area contributed by atoms with Crippen LogP contribution in [0.1, 0.15) is 44.2 Å². The lowest BCUT2D eigenvalue weighted by Gasteiger charge is -2.56. The van der Waals surface area contributed by atoms with Crippen LogP contribution in [0.4, 0.5) is 0 Å². The smallest absolute Gasteiger partial charge is 0.226 e. The molecule has 3 nitrogen and oxygen atoms in total. The Hall–Kier alpha value is -1.20.